The zero-order valence-corrected chi connectivity index (χ0v) is 19.1. The van der Waals surface area contributed by atoms with Gasteiger partial charge in [-0.1, -0.05) is 36.4 Å². The number of hydrogen-bond donors (Lipinski definition) is 2. The first-order chi connectivity index (χ1) is 15.2. The number of aromatic nitrogens is 1. The molecule has 0 atom stereocenters. The van der Waals surface area contributed by atoms with Crippen LogP contribution < -0.4 is 11.3 Å². The largest absolute Gasteiger partial charge is 0.444 e. The summed E-state index contributed by atoms with van der Waals surface area (Å²) >= 11 is 0. The van der Waals surface area contributed by atoms with Crippen molar-refractivity contribution in [3.63, 3.8) is 0 Å². The summed E-state index contributed by atoms with van der Waals surface area (Å²) in [6, 6.07) is 15.1. The number of nitrogens with two attached hydrogens (primary N) is 1. The number of benzene rings is 2. The lowest BCUT2D eigenvalue weighted by Gasteiger charge is -2.26. The minimum Gasteiger partial charge on any atom is -0.444 e. The van der Waals surface area contributed by atoms with E-state index in [0.29, 0.717) is 11.1 Å². The predicted octanol–water partition coefficient (Wildman–Crippen LogP) is 3.49. The number of ether oxygens (including phenoxy) is 1. The van der Waals surface area contributed by atoms with Crippen LogP contribution in [0, 0.1) is 0 Å². The molecule has 0 fully saturated rings. The van der Waals surface area contributed by atoms with E-state index in [0.717, 1.165) is 22.1 Å². The number of nitrogens with zero attached hydrogens (tertiary/aromatic N) is 2. The van der Waals surface area contributed by atoms with Crippen LogP contribution in [0.15, 0.2) is 53.3 Å². The highest BCUT2D eigenvalue weighted by molar-refractivity contribution is 5.97. The highest BCUT2D eigenvalue weighted by Crippen LogP contribution is 2.31. The average Bonchev–Trinajstić information content (AvgIpc) is 2.76. The highest BCUT2D eigenvalue weighted by Gasteiger charge is 2.21. The monoisotopic (exact) mass is 437 g/mol. The molecule has 2 aromatic carbocycles. The Morgan fingerprint density at radius 3 is 2.41 bits per heavy atom. The van der Waals surface area contributed by atoms with Crippen molar-refractivity contribution in [1.82, 2.24) is 9.47 Å². The molecule has 0 aliphatic carbocycles. The molecule has 170 valence electrons. The van der Waals surface area contributed by atoms with Crippen LogP contribution in [0.4, 0.5) is 4.79 Å². The lowest BCUT2D eigenvalue weighted by Crippen LogP contribution is -2.38. The summed E-state index contributed by atoms with van der Waals surface area (Å²) in [5.41, 5.74) is 8.57. The van der Waals surface area contributed by atoms with Gasteiger partial charge in [-0.15, -0.1) is 0 Å². The van der Waals surface area contributed by atoms with Crippen molar-refractivity contribution in [3.05, 3.63) is 70.1 Å². The molecule has 0 saturated carbocycles. The summed E-state index contributed by atoms with van der Waals surface area (Å²) in [5.74, 6) is 0. The summed E-state index contributed by atoms with van der Waals surface area (Å²) < 4.78 is 7.06. The van der Waals surface area contributed by atoms with E-state index in [9.17, 15) is 14.7 Å². The number of aliphatic hydroxyl groups is 1. The van der Waals surface area contributed by atoms with Gasteiger partial charge in [0.1, 0.15) is 5.60 Å². The Labute approximate surface area is 188 Å². The number of aliphatic hydroxyl groups excluding tert-OH is 1. The average molecular weight is 438 g/mol. The van der Waals surface area contributed by atoms with Gasteiger partial charge in [0.15, 0.2) is 0 Å². The minimum absolute atomic E-state index is 0.119. The Bertz CT molecular complexity index is 1160. The smallest absolute Gasteiger partial charge is 0.410 e. The molecule has 3 aromatic rings. The molecule has 32 heavy (non-hydrogen) atoms. The third-order valence-electron chi connectivity index (χ3n) is 5.25. The zero-order chi connectivity index (χ0) is 23.5. The van der Waals surface area contributed by atoms with Crippen molar-refractivity contribution >= 4 is 16.9 Å². The van der Waals surface area contributed by atoms with E-state index in [-0.39, 0.29) is 31.8 Å². The fourth-order valence-electron chi connectivity index (χ4n) is 3.70. The van der Waals surface area contributed by atoms with Crippen LogP contribution in [0.2, 0.25) is 0 Å². The number of fused-ring (bicyclic) bond motifs is 1. The van der Waals surface area contributed by atoms with Gasteiger partial charge in [-0.2, -0.15) is 0 Å². The van der Waals surface area contributed by atoms with Crippen molar-refractivity contribution < 1.29 is 14.6 Å². The first-order valence-corrected chi connectivity index (χ1v) is 10.6. The van der Waals surface area contributed by atoms with Gasteiger partial charge in [0.25, 0.3) is 5.56 Å². The number of hydrogen-bond acceptors (Lipinski definition) is 5. The SMILES string of the molecule is CN(CCn1c(CN)c(-c2ccccc2)c2cc(CO)ccc2c1=O)C(=O)OC(C)(C)C. The van der Waals surface area contributed by atoms with Crippen LogP contribution in [0.3, 0.4) is 0 Å². The summed E-state index contributed by atoms with van der Waals surface area (Å²) in [4.78, 5) is 27.2. The summed E-state index contributed by atoms with van der Waals surface area (Å²) in [6.07, 6.45) is -0.448. The molecule has 1 heterocycles. The van der Waals surface area contributed by atoms with Gasteiger partial charge in [-0.25, -0.2) is 4.79 Å². The van der Waals surface area contributed by atoms with Gasteiger partial charge >= 0.3 is 6.09 Å². The maximum absolute atomic E-state index is 13.4. The molecule has 0 unspecified atom stereocenters. The fraction of sp³-hybridized carbons (Fsp3) is 0.360. The number of carbonyl (C=O) groups excluding carboxylic acids is 1. The second-order valence-electron chi connectivity index (χ2n) is 8.79. The van der Waals surface area contributed by atoms with Crippen LogP contribution in [-0.4, -0.2) is 39.9 Å². The van der Waals surface area contributed by atoms with Gasteiger partial charge < -0.3 is 25.0 Å². The zero-order valence-electron chi connectivity index (χ0n) is 19.1. The summed E-state index contributed by atoms with van der Waals surface area (Å²) in [5, 5.41) is 10.9. The number of likely N-dealkylation sites (N-methyl/N-ethyl adjacent to an activating group) is 1. The van der Waals surface area contributed by atoms with E-state index >= 15 is 0 Å². The van der Waals surface area contributed by atoms with Crippen LogP contribution in [0.25, 0.3) is 21.9 Å². The van der Waals surface area contributed by atoms with Gasteiger partial charge in [0.05, 0.1) is 6.61 Å². The molecule has 0 spiro atoms. The van der Waals surface area contributed by atoms with E-state index in [1.54, 1.807) is 23.7 Å². The lowest BCUT2D eigenvalue weighted by molar-refractivity contribution is 0.0293. The first-order valence-electron chi connectivity index (χ1n) is 10.6. The highest BCUT2D eigenvalue weighted by atomic mass is 16.6. The first kappa shape index (κ1) is 23.5. The van der Waals surface area contributed by atoms with Gasteiger partial charge in [0.2, 0.25) is 0 Å². The molecule has 0 aliphatic heterocycles. The molecule has 0 saturated heterocycles. The Balaban J connectivity index is 2.12. The number of carbonyl (C=O) groups is 1. The Morgan fingerprint density at radius 2 is 1.81 bits per heavy atom. The Hall–Kier alpha value is -3.16. The maximum Gasteiger partial charge on any atom is 0.410 e. The van der Waals surface area contributed by atoms with Crippen molar-refractivity contribution in [2.75, 3.05) is 13.6 Å². The molecular weight excluding hydrogens is 406 g/mol. The number of pyridine rings is 1. The van der Waals surface area contributed by atoms with Crippen LogP contribution in [0.1, 0.15) is 32.0 Å². The van der Waals surface area contributed by atoms with Crippen molar-refractivity contribution in [1.29, 1.82) is 0 Å². The molecule has 7 heteroatoms. The topological polar surface area (TPSA) is 97.8 Å². The van der Waals surface area contributed by atoms with Crippen molar-refractivity contribution in [2.24, 2.45) is 5.73 Å². The summed E-state index contributed by atoms with van der Waals surface area (Å²) in [7, 11) is 1.65. The van der Waals surface area contributed by atoms with Crippen LogP contribution in [0.5, 0.6) is 0 Å². The quantitative estimate of drug-likeness (QED) is 0.615. The van der Waals surface area contributed by atoms with E-state index in [2.05, 4.69) is 0 Å². The van der Waals surface area contributed by atoms with Gasteiger partial charge in [-0.05, 0) is 49.4 Å². The third kappa shape index (κ3) is 5.00. The third-order valence-corrected chi connectivity index (χ3v) is 5.25. The Morgan fingerprint density at radius 1 is 1.12 bits per heavy atom. The molecule has 1 amide bonds. The molecule has 0 aliphatic rings. The Kier molecular flexibility index (Phi) is 7.01. The van der Waals surface area contributed by atoms with Gasteiger partial charge in [0, 0.05) is 43.3 Å². The summed E-state index contributed by atoms with van der Waals surface area (Å²) in [6.45, 7) is 6.03. The number of rotatable bonds is 6. The normalized spacial score (nSPS) is 11.6. The van der Waals surface area contributed by atoms with E-state index in [4.69, 9.17) is 10.5 Å². The minimum atomic E-state index is -0.599. The molecule has 3 N–H and O–H groups in total. The van der Waals surface area contributed by atoms with Crippen LogP contribution in [-0.2, 0) is 24.4 Å². The standard InChI is InChI=1S/C25H31N3O4/c1-25(2,3)32-24(31)27(4)12-13-28-21(15-26)22(18-8-6-5-7-9-18)20-14-17(16-29)10-11-19(20)23(28)30/h5-11,14,29H,12-13,15-16,26H2,1-4H3. The molecule has 1 aromatic heterocycles. The van der Waals surface area contributed by atoms with E-state index in [1.165, 1.54) is 4.90 Å². The lowest BCUT2D eigenvalue weighted by atomic mass is 9.95. The molecule has 0 radical (unpaired) electrons. The molecule has 0 bridgehead atoms. The molecular formula is C25H31N3O4. The van der Waals surface area contributed by atoms with Crippen LogP contribution >= 0.6 is 0 Å². The predicted molar refractivity (Wildman–Crippen MR) is 126 cm³/mol. The molecule has 3 rings (SSSR count). The van der Waals surface area contributed by atoms with Gasteiger partial charge in [-0.3, -0.25) is 4.79 Å². The fourth-order valence-corrected chi connectivity index (χ4v) is 3.70. The second-order valence-corrected chi connectivity index (χ2v) is 8.79. The second kappa shape index (κ2) is 9.54. The van der Waals surface area contributed by atoms with E-state index < -0.39 is 11.7 Å². The maximum atomic E-state index is 13.4. The van der Waals surface area contributed by atoms with E-state index in [1.807, 2.05) is 57.2 Å². The van der Waals surface area contributed by atoms with Crippen molar-refractivity contribution in [3.8, 4) is 11.1 Å². The molecule has 7 nitrogen and oxygen atoms in total. The van der Waals surface area contributed by atoms with Crippen molar-refractivity contribution in [2.45, 2.75) is 46.1 Å². The number of amides is 1.